The first kappa shape index (κ1) is 74.4. The third kappa shape index (κ3) is 22.8. The summed E-state index contributed by atoms with van der Waals surface area (Å²) in [6.07, 6.45) is 7.80. The van der Waals surface area contributed by atoms with Crippen LogP contribution in [0.2, 0.25) is 0 Å². The summed E-state index contributed by atoms with van der Waals surface area (Å²) < 4.78 is 0. The maximum absolute atomic E-state index is 4.40. The summed E-state index contributed by atoms with van der Waals surface area (Å²) in [6.45, 7) is 92.3. The number of aromatic nitrogens is 5. The molecule has 3 aromatic heterocycles. The second kappa shape index (κ2) is 25.7. The topological polar surface area (TPSA) is 121 Å². The molecule has 3 aliphatic rings. The molecule has 462 valence electrons. The summed E-state index contributed by atoms with van der Waals surface area (Å²) >= 11 is 0. The summed E-state index contributed by atoms with van der Waals surface area (Å²) in [5.41, 5.74) is 20.6. The minimum atomic E-state index is 0.128. The largest absolute Gasteiger partial charge is 0.364 e. The van der Waals surface area contributed by atoms with Crippen molar-refractivity contribution in [1.29, 1.82) is 0 Å². The van der Waals surface area contributed by atoms with Crippen molar-refractivity contribution in [2.45, 2.75) is 295 Å². The molecule has 0 saturated heterocycles. The first-order valence-corrected chi connectivity index (χ1v) is 30.2. The Morgan fingerprint density at radius 1 is 0.346 bits per heavy atom. The molecular weight excluding hydrogens is 991 g/mol. The molecule has 7 N–H and O–H groups in total. The molecule has 6 heterocycles. The van der Waals surface area contributed by atoms with Crippen molar-refractivity contribution < 1.29 is 0 Å². The zero-order valence-corrected chi connectivity index (χ0v) is 59.7. The van der Waals surface area contributed by atoms with Gasteiger partial charge in [-0.1, -0.05) is 269 Å². The second-order valence-electron chi connectivity index (χ2n) is 35.5. The third-order valence-electron chi connectivity index (χ3n) is 14.2. The molecule has 9 heteroatoms. The zero-order chi connectivity index (χ0) is 64.3. The van der Waals surface area contributed by atoms with E-state index in [4.69, 9.17) is 0 Å². The maximum Gasteiger partial charge on any atom is 0.0998 e. The lowest BCUT2D eigenvalue weighted by atomic mass is 9.79. The van der Waals surface area contributed by atoms with E-state index in [9.17, 15) is 0 Å². The van der Waals surface area contributed by atoms with Crippen molar-refractivity contribution in [2.24, 2.45) is 32.5 Å². The van der Waals surface area contributed by atoms with Gasteiger partial charge in [0, 0.05) is 114 Å². The van der Waals surface area contributed by atoms with E-state index in [1.807, 2.05) is 12.4 Å². The van der Waals surface area contributed by atoms with Crippen LogP contribution in [0.25, 0.3) is 0 Å². The fourth-order valence-corrected chi connectivity index (χ4v) is 9.82. The molecule has 0 atom stereocenters. The van der Waals surface area contributed by atoms with Crippen LogP contribution in [0.5, 0.6) is 0 Å². The predicted molar refractivity (Wildman–Crippen MR) is 357 cm³/mol. The lowest BCUT2D eigenvalue weighted by Crippen LogP contribution is -2.23. The van der Waals surface area contributed by atoms with Gasteiger partial charge in [-0.15, -0.1) is 0 Å². The summed E-state index contributed by atoms with van der Waals surface area (Å²) in [6, 6.07) is 2.20. The van der Waals surface area contributed by atoms with Crippen LogP contribution in [0.3, 0.4) is 0 Å². The van der Waals surface area contributed by atoms with E-state index in [-0.39, 0.29) is 65.0 Å². The average Bonchev–Trinajstić information content (AvgIpc) is 4.06. The van der Waals surface area contributed by atoms with Crippen molar-refractivity contribution in [3.8, 4) is 0 Å². The van der Waals surface area contributed by atoms with Gasteiger partial charge in [-0.25, -0.2) is 4.98 Å². The lowest BCUT2D eigenvalue weighted by Gasteiger charge is -2.28. The van der Waals surface area contributed by atoms with Crippen LogP contribution in [-0.2, 0) is 32.5 Å². The van der Waals surface area contributed by atoms with Crippen LogP contribution in [0, 0.1) is 32.5 Å². The van der Waals surface area contributed by atoms with Crippen molar-refractivity contribution >= 4 is 0 Å². The number of aromatic amines is 3. The van der Waals surface area contributed by atoms with Gasteiger partial charge in [-0.3, -0.25) is 5.10 Å². The van der Waals surface area contributed by atoms with E-state index in [2.05, 4.69) is 321 Å². The second-order valence-corrected chi connectivity index (χ2v) is 35.5. The minimum Gasteiger partial charge on any atom is -0.364 e. The molecule has 0 aromatic carbocycles. The highest BCUT2D eigenvalue weighted by atomic mass is 15.2. The minimum absolute atomic E-state index is 0.128. The van der Waals surface area contributed by atoms with E-state index in [1.165, 1.54) is 67.8 Å². The van der Waals surface area contributed by atoms with Crippen LogP contribution >= 0.6 is 0 Å². The van der Waals surface area contributed by atoms with Gasteiger partial charge in [-0.05, 0) is 50.0 Å². The Hall–Kier alpha value is -4.66. The summed E-state index contributed by atoms with van der Waals surface area (Å²) in [5, 5.41) is 20.8. The molecule has 6 rings (SSSR count). The van der Waals surface area contributed by atoms with Gasteiger partial charge < -0.3 is 31.2 Å². The van der Waals surface area contributed by atoms with Gasteiger partial charge in [0.1, 0.15) is 0 Å². The number of nitrogens with zero attached hydrogens (tertiary/aromatic N) is 2. The van der Waals surface area contributed by atoms with Gasteiger partial charge >= 0.3 is 0 Å². The van der Waals surface area contributed by atoms with Gasteiger partial charge in [0.05, 0.1) is 24.0 Å². The first-order chi connectivity index (χ1) is 35.5. The number of imidazole rings is 1. The third-order valence-corrected chi connectivity index (χ3v) is 14.2. The van der Waals surface area contributed by atoms with E-state index in [0.717, 1.165) is 30.1 Å². The van der Waals surface area contributed by atoms with Crippen molar-refractivity contribution in [1.82, 2.24) is 46.4 Å². The van der Waals surface area contributed by atoms with Crippen molar-refractivity contribution in [2.75, 3.05) is 0 Å². The first-order valence-electron chi connectivity index (χ1n) is 30.2. The number of hydrogen-bond acceptors (Lipinski definition) is 6. The molecule has 0 saturated carbocycles. The molecule has 0 unspecified atom stereocenters. The lowest BCUT2D eigenvalue weighted by molar-refractivity contribution is 0.432. The number of nitrogens with one attached hydrogen (secondary N) is 7. The van der Waals surface area contributed by atoms with Crippen LogP contribution in [0.15, 0.2) is 95.7 Å². The molecular formula is C72H129N9. The SMILES string of the molecule is C=C1CC(C(C)(C)C)=C(C(C)(C)C)N1.C=C1CC(C(C)(C)C)=C(C(C)(C)C)N1.C=C1NC(C(C)(C)C)=C(C(C)(C)C)N1.CC(C)(C)c1cc[nH]c1C(C)(C)C.CC(C)(C)c1cn[nH]c1C(C)(C)C.CC(C)(C)c1nc[nH]c1C(C)(C)C. The molecule has 3 aromatic rings. The Bertz CT molecular complexity index is 2190. The highest BCUT2D eigenvalue weighted by Gasteiger charge is 2.36. The number of allylic oxidation sites excluding steroid dienone is 6. The Labute approximate surface area is 500 Å². The Balaban J connectivity index is 0.000000486. The molecule has 9 nitrogen and oxygen atoms in total. The molecule has 0 bridgehead atoms. The van der Waals surface area contributed by atoms with Crippen LogP contribution < -0.4 is 21.3 Å². The van der Waals surface area contributed by atoms with Crippen LogP contribution in [0.1, 0.15) is 296 Å². The fraction of sp³-hybridized carbons (Fsp3) is 0.694. The highest BCUT2D eigenvalue weighted by Crippen LogP contribution is 2.44. The molecule has 0 fully saturated rings. The van der Waals surface area contributed by atoms with E-state index in [0.29, 0.717) is 0 Å². The van der Waals surface area contributed by atoms with Gasteiger partial charge in [0.2, 0.25) is 0 Å². The Morgan fingerprint density at radius 3 is 0.926 bits per heavy atom. The van der Waals surface area contributed by atoms with Gasteiger partial charge in [0.15, 0.2) is 0 Å². The summed E-state index contributed by atoms with van der Waals surface area (Å²) in [4.78, 5) is 11.0. The van der Waals surface area contributed by atoms with E-state index < -0.39 is 0 Å². The summed E-state index contributed by atoms with van der Waals surface area (Å²) in [7, 11) is 0. The molecule has 81 heavy (non-hydrogen) atoms. The smallest absolute Gasteiger partial charge is 0.0998 e. The predicted octanol–water partition coefficient (Wildman–Crippen LogP) is 20.3. The Kier molecular flexibility index (Phi) is 23.6. The van der Waals surface area contributed by atoms with Crippen LogP contribution in [-0.4, -0.2) is 25.1 Å². The standard InChI is InChI=1S/2C13H23N.C12H22N2.C12H21N.2C11H20N2/c2*1-9-8-10(12(2,3)4)11(14-9)13(5,6)7;1-8-13-9(11(2,3)4)10(14-8)12(5,6)7;1-11(2,3)9-7-8-13-10(9)12(4,5)6;1-10(2,3)8-9(11(4,5)6)13-7-12-8;1-10(2,3)8-7-12-13-9(8)11(4,5)6/h2*14H,1,8H2,2-7H3;13-14H,1H2,2-7H3;7-8,13H,1-6H3;2*7H,1-6H3,(H,12,13). The van der Waals surface area contributed by atoms with Gasteiger partial charge in [0.25, 0.3) is 0 Å². The monoisotopic (exact) mass is 1120 g/mol. The number of H-pyrrole nitrogens is 3. The van der Waals surface area contributed by atoms with Crippen LogP contribution in [0.4, 0.5) is 0 Å². The molecule has 0 radical (unpaired) electrons. The van der Waals surface area contributed by atoms with Gasteiger partial charge in [-0.2, -0.15) is 5.10 Å². The maximum atomic E-state index is 4.40. The Morgan fingerprint density at radius 2 is 0.691 bits per heavy atom. The highest BCUT2D eigenvalue weighted by molar-refractivity contribution is 5.38. The van der Waals surface area contributed by atoms with Crippen molar-refractivity contribution in [3.63, 3.8) is 0 Å². The van der Waals surface area contributed by atoms with E-state index >= 15 is 0 Å². The average molecular weight is 1120 g/mol. The quantitative estimate of drug-likeness (QED) is 0.120. The summed E-state index contributed by atoms with van der Waals surface area (Å²) in [5.74, 6) is 0.889. The molecule has 3 aliphatic heterocycles. The van der Waals surface area contributed by atoms with Crippen molar-refractivity contribution in [3.05, 3.63) is 130 Å². The van der Waals surface area contributed by atoms with E-state index in [1.54, 1.807) is 6.33 Å². The fourth-order valence-electron chi connectivity index (χ4n) is 9.82. The number of hydrogen-bond donors (Lipinski definition) is 7. The number of rotatable bonds is 0. The molecule has 0 aliphatic carbocycles. The molecule has 0 amide bonds. The zero-order valence-electron chi connectivity index (χ0n) is 59.7. The normalized spacial score (nSPS) is 16.1. The molecule has 0 spiro atoms.